The molecule has 0 spiro atoms. The van der Waals surface area contributed by atoms with Crippen LogP contribution in [0.2, 0.25) is 0 Å². The van der Waals surface area contributed by atoms with E-state index in [2.05, 4.69) is 47.1 Å². The molecule has 3 aromatic carbocycles. The number of carbonyl (C=O) groups excluding carboxylic acids is 2. The lowest BCUT2D eigenvalue weighted by molar-refractivity contribution is -0.527. The number of fused-ring (bicyclic) bond motifs is 1. The molecule has 5 rings (SSSR count). The number of rotatable bonds is 20. The topological polar surface area (TPSA) is 234 Å². The maximum atomic E-state index is 13.5. The molecule has 1 unspecified atom stereocenters. The van der Waals surface area contributed by atoms with Crippen molar-refractivity contribution in [2.45, 2.75) is 58.1 Å². The average molecular weight is 720 g/mol. The van der Waals surface area contributed by atoms with Crippen molar-refractivity contribution in [3.05, 3.63) is 83.7 Å². The fourth-order valence-corrected chi connectivity index (χ4v) is 5.70. The molecule has 2 heterocycles. The highest BCUT2D eigenvalue weighted by Gasteiger charge is 2.20. The smallest absolute Gasteiger partial charge is 0.325 e. The third-order valence-electron chi connectivity index (χ3n) is 8.16. The van der Waals surface area contributed by atoms with Crippen molar-refractivity contribution in [1.82, 2.24) is 46.3 Å². The summed E-state index contributed by atoms with van der Waals surface area (Å²) in [4.78, 5) is 39.9. The standard InChI is InChI=1S/C34H41N9O9/c1-2-3-14-30-36-29-13-8-12-28(34(45)35-20-31(44)50-19-7-6-9-25(52-43(48)49)22-51-42(46)47)32(29)41(30)21-23-15-17-24(18-16-23)26-10-4-5-11-27(26)33-37-39-40-38-33/h4-5,8,10-13,15-18,25,46-49H,2-3,6-7,9,14,19-22H2,1H3,(H,35,45)(H,37,38,39,40). The number of H-pyrrole nitrogens is 1. The van der Waals surface area contributed by atoms with Crippen molar-refractivity contribution in [2.75, 3.05) is 19.8 Å². The highest BCUT2D eigenvalue weighted by molar-refractivity contribution is 6.06. The van der Waals surface area contributed by atoms with E-state index in [0.717, 1.165) is 47.3 Å². The fraction of sp³-hybridized carbons (Fsp3) is 0.353. The number of hydrogen-bond donors (Lipinski definition) is 6. The zero-order valence-corrected chi connectivity index (χ0v) is 28.5. The van der Waals surface area contributed by atoms with Crippen molar-refractivity contribution < 1.29 is 44.8 Å². The predicted molar refractivity (Wildman–Crippen MR) is 181 cm³/mol. The van der Waals surface area contributed by atoms with Crippen LogP contribution in [0.3, 0.4) is 0 Å². The second kappa shape index (κ2) is 18.9. The summed E-state index contributed by atoms with van der Waals surface area (Å²) in [6.07, 6.45) is 2.69. The quantitative estimate of drug-likeness (QED) is 0.0377. The summed E-state index contributed by atoms with van der Waals surface area (Å²) in [6, 6.07) is 21.3. The SMILES string of the molecule is CCCCc1nc2cccc(C(=O)NCC(=O)OCCCCC(CON(O)O)ON(O)O)c2n1Cc1ccc(-c2ccccc2-c2nn[nH]n2)cc1. The molecule has 2 aromatic heterocycles. The molecule has 0 aliphatic rings. The highest BCUT2D eigenvalue weighted by atomic mass is 17.1. The van der Waals surface area contributed by atoms with Crippen LogP contribution >= 0.6 is 0 Å². The summed E-state index contributed by atoms with van der Waals surface area (Å²) < 4.78 is 7.31. The average Bonchev–Trinajstić information content (AvgIpc) is 3.80. The van der Waals surface area contributed by atoms with Crippen molar-refractivity contribution in [1.29, 1.82) is 0 Å². The van der Waals surface area contributed by atoms with Gasteiger partial charge in [0.1, 0.15) is 25.1 Å². The second-order valence-corrected chi connectivity index (χ2v) is 11.8. The second-order valence-electron chi connectivity index (χ2n) is 11.8. The van der Waals surface area contributed by atoms with Gasteiger partial charge in [0, 0.05) is 18.5 Å². The maximum Gasteiger partial charge on any atom is 0.325 e. The Labute approximate surface area is 297 Å². The third kappa shape index (κ3) is 10.4. The van der Waals surface area contributed by atoms with Crippen LogP contribution in [0.5, 0.6) is 0 Å². The number of nitrogens with one attached hydrogen (secondary N) is 2. The number of amides is 1. The summed E-state index contributed by atoms with van der Waals surface area (Å²) in [5.41, 5.74) is 5.55. The first-order chi connectivity index (χ1) is 25.2. The Morgan fingerprint density at radius 3 is 2.44 bits per heavy atom. The van der Waals surface area contributed by atoms with E-state index in [9.17, 15) is 9.59 Å². The van der Waals surface area contributed by atoms with E-state index in [1.165, 1.54) is 0 Å². The van der Waals surface area contributed by atoms with Gasteiger partial charge in [0.2, 0.25) is 5.82 Å². The molecule has 18 nitrogen and oxygen atoms in total. The number of unbranched alkanes of at least 4 members (excludes halogenated alkanes) is 2. The van der Waals surface area contributed by atoms with Gasteiger partial charge in [-0.2, -0.15) is 5.21 Å². The Hall–Kier alpha value is -5.18. The van der Waals surface area contributed by atoms with Crippen LogP contribution in [-0.2, 0) is 32.2 Å². The number of ether oxygens (including phenoxy) is 1. The number of imidazole rings is 1. The van der Waals surface area contributed by atoms with Crippen LogP contribution in [-0.4, -0.2) is 99.5 Å². The van der Waals surface area contributed by atoms with Crippen LogP contribution in [0.15, 0.2) is 66.7 Å². The normalized spacial score (nSPS) is 12.1. The van der Waals surface area contributed by atoms with Gasteiger partial charge in [-0.25, -0.2) is 14.7 Å². The fourth-order valence-electron chi connectivity index (χ4n) is 5.70. The molecular weight excluding hydrogens is 678 g/mol. The van der Waals surface area contributed by atoms with Crippen molar-refractivity contribution in [3.63, 3.8) is 0 Å². The predicted octanol–water partition coefficient (Wildman–Crippen LogP) is 4.11. The van der Waals surface area contributed by atoms with Crippen LogP contribution in [0.1, 0.15) is 60.8 Å². The van der Waals surface area contributed by atoms with Gasteiger partial charge in [0.25, 0.3) is 5.91 Å². The number of esters is 1. The molecule has 0 aliphatic heterocycles. The van der Waals surface area contributed by atoms with E-state index >= 15 is 0 Å². The number of aromatic nitrogens is 6. The van der Waals surface area contributed by atoms with Gasteiger partial charge >= 0.3 is 5.97 Å². The molecule has 5 aromatic rings. The van der Waals surface area contributed by atoms with E-state index in [1.54, 1.807) is 12.1 Å². The lowest BCUT2D eigenvalue weighted by Crippen LogP contribution is -2.31. The van der Waals surface area contributed by atoms with Crippen LogP contribution < -0.4 is 5.32 Å². The Morgan fingerprint density at radius 1 is 0.942 bits per heavy atom. The summed E-state index contributed by atoms with van der Waals surface area (Å²) in [5.74, 6) is 0.284. The van der Waals surface area contributed by atoms with Gasteiger partial charge in [-0.3, -0.25) is 30.4 Å². The van der Waals surface area contributed by atoms with E-state index < -0.39 is 35.4 Å². The molecular formula is C34H41N9O9. The molecule has 0 aliphatic carbocycles. The first-order valence-corrected chi connectivity index (χ1v) is 16.7. The Morgan fingerprint density at radius 2 is 1.73 bits per heavy atom. The lowest BCUT2D eigenvalue weighted by atomic mass is 9.98. The van der Waals surface area contributed by atoms with Crippen molar-refractivity contribution >= 4 is 22.9 Å². The van der Waals surface area contributed by atoms with Crippen molar-refractivity contribution in [2.24, 2.45) is 0 Å². The number of aryl methyl sites for hydroxylation is 1. The van der Waals surface area contributed by atoms with Gasteiger partial charge in [-0.1, -0.05) is 67.9 Å². The number of hydrogen-bond acceptors (Lipinski definition) is 15. The molecule has 0 saturated carbocycles. The molecule has 1 amide bonds. The Bertz CT molecular complexity index is 1880. The lowest BCUT2D eigenvalue weighted by Gasteiger charge is -2.18. The maximum absolute atomic E-state index is 13.5. The first-order valence-electron chi connectivity index (χ1n) is 16.7. The number of para-hydroxylation sites is 1. The van der Waals surface area contributed by atoms with Crippen LogP contribution in [0.25, 0.3) is 33.5 Å². The minimum Gasteiger partial charge on any atom is -0.464 e. The minimum atomic E-state index is -0.934. The van der Waals surface area contributed by atoms with Crippen molar-refractivity contribution in [3.8, 4) is 22.5 Å². The largest absolute Gasteiger partial charge is 0.464 e. The van der Waals surface area contributed by atoms with Gasteiger partial charge in [-0.15, -0.1) is 10.2 Å². The van der Waals surface area contributed by atoms with Crippen LogP contribution in [0, 0.1) is 0 Å². The van der Waals surface area contributed by atoms with E-state index in [1.807, 2.05) is 54.6 Å². The molecule has 6 N–H and O–H groups in total. The number of benzene rings is 3. The summed E-state index contributed by atoms with van der Waals surface area (Å²) in [6.45, 7) is 1.86. The number of nitrogens with zero attached hydrogens (tertiary/aromatic N) is 7. The zero-order valence-electron chi connectivity index (χ0n) is 28.5. The molecule has 0 saturated heterocycles. The third-order valence-corrected chi connectivity index (χ3v) is 8.16. The van der Waals surface area contributed by atoms with E-state index in [4.69, 9.17) is 30.5 Å². The summed E-state index contributed by atoms with van der Waals surface area (Å²) in [7, 11) is 0. The molecule has 18 heteroatoms. The molecule has 0 radical (unpaired) electrons. The number of tetrazole rings is 1. The minimum absolute atomic E-state index is 0.0288. The van der Waals surface area contributed by atoms with Gasteiger partial charge in [0.05, 0.1) is 34.0 Å². The van der Waals surface area contributed by atoms with E-state index in [0.29, 0.717) is 41.8 Å². The first kappa shape index (κ1) is 38.1. The van der Waals surface area contributed by atoms with Crippen LogP contribution in [0.4, 0.5) is 0 Å². The highest BCUT2D eigenvalue weighted by Crippen LogP contribution is 2.30. The molecule has 1 atom stereocenters. The Kier molecular flexibility index (Phi) is 13.8. The number of carbonyl (C=O) groups is 2. The molecule has 0 bridgehead atoms. The molecule has 0 fully saturated rings. The Balaban J connectivity index is 1.23. The van der Waals surface area contributed by atoms with Gasteiger partial charge in [0.15, 0.2) is 0 Å². The zero-order chi connectivity index (χ0) is 36.9. The van der Waals surface area contributed by atoms with Gasteiger partial charge in [-0.05, 0) is 59.7 Å². The van der Waals surface area contributed by atoms with E-state index in [-0.39, 0.29) is 19.6 Å². The molecule has 276 valence electrons. The summed E-state index contributed by atoms with van der Waals surface area (Å²) >= 11 is 0. The van der Waals surface area contributed by atoms with Gasteiger partial charge < -0.3 is 14.6 Å². The molecule has 52 heavy (non-hydrogen) atoms. The summed E-state index contributed by atoms with van der Waals surface area (Å²) in [5, 5.41) is 51.2. The number of aromatic amines is 1. The monoisotopic (exact) mass is 719 g/mol.